The highest BCUT2D eigenvalue weighted by molar-refractivity contribution is 9.10. The van der Waals surface area contributed by atoms with Crippen LogP contribution in [0.3, 0.4) is 0 Å². The van der Waals surface area contributed by atoms with E-state index in [1.54, 1.807) is 12.3 Å². The third-order valence-corrected chi connectivity index (χ3v) is 3.21. The summed E-state index contributed by atoms with van der Waals surface area (Å²) >= 11 is 3.33. The van der Waals surface area contributed by atoms with E-state index >= 15 is 0 Å². The van der Waals surface area contributed by atoms with Gasteiger partial charge in [0.1, 0.15) is 11.6 Å². The number of hydrogen-bond donors (Lipinski definition) is 1. The van der Waals surface area contributed by atoms with E-state index in [-0.39, 0.29) is 11.9 Å². The van der Waals surface area contributed by atoms with Crippen LogP contribution in [0.2, 0.25) is 0 Å². The van der Waals surface area contributed by atoms with Crippen molar-refractivity contribution in [2.75, 3.05) is 5.32 Å². The van der Waals surface area contributed by atoms with Crippen LogP contribution < -0.4 is 5.32 Å². The topological polar surface area (TPSA) is 25.2 Å². The predicted molar refractivity (Wildman–Crippen MR) is 69.5 cm³/mol. The lowest BCUT2D eigenvalue weighted by molar-refractivity contribution is 0.474. The Hall–Kier alpha value is -1.29. The van der Waals surface area contributed by atoms with Crippen molar-refractivity contribution in [1.82, 2.24) is 0 Å². The Morgan fingerprint density at radius 1 is 1.41 bits per heavy atom. The zero-order valence-electron chi connectivity index (χ0n) is 9.41. The minimum atomic E-state index is -0.256. The number of halogens is 2. The number of anilines is 1. The largest absolute Gasteiger partial charge is 0.467 e. The van der Waals surface area contributed by atoms with E-state index in [4.69, 9.17) is 4.42 Å². The molecule has 1 N–H and O–H groups in total. The van der Waals surface area contributed by atoms with Gasteiger partial charge in [-0.05, 0) is 52.7 Å². The van der Waals surface area contributed by atoms with E-state index in [1.807, 2.05) is 12.1 Å². The Morgan fingerprint density at radius 2 is 2.24 bits per heavy atom. The van der Waals surface area contributed by atoms with Crippen LogP contribution >= 0.6 is 15.9 Å². The summed E-state index contributed by atoms with van der Waals surface area (Å²) in [6.45, 7) is 2.07. The van der Waals surface area contributed by atoms with Gasteiger partial charge in [-0.2, -0.15) is 0 Å². The second kappa shape index (κ2) is 5.36. The van der Waals surface area contributed by atoms with Gasteiger partial charge >= 0.3 is 0 Å². The molecule has 2 nitrogen and oxygen atoms in total. The quantitative estimate of drug-likeness (QED) is 0.881. The average Bonchev–Trinajstić information content (AvgIpc) is 2.81. The second-order valence-electron chi connectivity index (χ2n) is 3.74. The van der Waals surface area contributed by atoms with Gasteiger partial charge in [-0.15, -0.1) is 0 Å². The van der Waals surface area contributed by atoms with Gasteiger partial charge in [0, 0.05) is 10.2 Å². The first-order chi connectivity index (χ1) is 8.20. The lowest BCUT2D eigenvalue weighted by Crippen LogP contribution is -2.09. The fraction of sp³-hybridized carbons (Fsp3) is 0.231. The lowest BCUT2D eigenvalue weighted by atomic mass is 10.1. The first kappa shape index (κ1) is 12.2. The van der Waals surface area contributed by atoms with Gasteiger partial charge < -0.3 is 9.73 Å². The molecule has 0 spiro atoms. The van der Waals surface area contributed by atoms with Crippen LogP contribution in [0.4, 0.5) is 10.1 Å². The Bertz CT molecular complexity index is 484. The summed E-state index contributed by atoms with van der Waals surface area (Å²) in [5.41, 5.74) is 0.856. The molecule has 0 amide bonds. The zero-order chi connectivity index (χ0) is 12.3. The standard InChI is InChI=1S/C13H13BrFNO/c1-2-11(13-4-3-7-17-13)16-12-6-5-9(15)8-10(12)14/h3-8,11,16H,2H2,1H3. The molecule has 0 radical (unpaired) electrons. The van der Waals surface area contributed by atoms with Gasteiger partial charge in [-0.1, -0.05) is 6.92 Å². The second-order valence-corrected chi connectivity index (χ2v) is 4.60. The highest BCUT2D eigenvalue weighted by Crippen LogP contribution is 2.28. The molecule has 4 heteroatoms. The molecule has 0 aliphatic heterocycles. The molecule has 2 rings (SSSR count). The van der Waals surface area contributed by atoms with Crippen molar-refractivity contribution in [3.05, 3.63) is 52.6 Å². The third-order valence-electron chi connectivity index (χ3n) is 2.56. The van der Waals surface area contributed by atoms with Crippen LogP contribution in [0.25, 0.3) is 0 Å². The average molecular weight is 298 g/mol. The van der Waals surface area contributed by atoms with Crippen LogP contribution in [0.15, 0.2) is 45.5 Å². The Balaban J connectivity index is 2.19. The lowest BCUT2D eigenvalue weighted by Gasteiger charge is -2.17. The first-order valence-corrected chi connectivity index (χ1v) is 6.25. The van der Waals surface area contributed by atoms with Crippen molar-refractivity contribution >= 4 is 21.6 Å². The minimum Gasteiger partial charge on any atom is -0.467 e. The molecule has 0 fully saturated rings. The Labute approximate surface area is 108 Å². The molecule has 1 unspecified atom stereocenters. The van der Waals surface area contributed by atoms with Crippen LogP contribution in [-0.4, -0.2) is 0 Å². The summed E-state index contributed by atoms with van der Waals surface area (Å²) in [4.78, 5) is 0. The molecular formula is C13H13BrFNO. The van der Waals surface area contributed by atoms with Gasteiger partial charge in [0.15, 0.2) is 0 Å². The van der Waals surface area contributed by atoms with E-state index in [0.29, 0.717) is 4.47 Å². The van der Waals surface area contributed by atoms with Crippen LogP contribution in [0.5, 0.6) is 0 Å². The molecule has 0 aliphatic carbocycles. The van der Waals surface area contributed by atoms with Gasteiger partial charge in [0.2, 0.25) is 0 Å². The van der Waals surface area contributed by atoms with Crippen LogP contribution in [0, 0.1) is 5.82 Å². The van der Waals surface area contributed by atoms with E-state index in [9.17, 15) is 4.39 Å². The molecule has 0 aliphatic rings. The maximum atomic E-state index is 13.0. The Morgan fingerprint density at radius 3 is 2.82 bits per heavy atom. The van der Waals surface area contributed by atoms with Crippen molar-refractivity contribution in [2.24, 2.45) is 0 Å². The number of nitrogens with one attached hydrogen (secondary N) is 1. The molecule has 1 atom stereocenters. The van der Waals surface area contributed by atoms with Gasteiger partial charge in [0.25, 0.3) is 0 Å². The van der Waals surface area contributed by atoms with Gasteiger partial charge in [0.05, 0.1) is 12.3 Å². The maximum absolute atomic E-state index is 13.0. The van der Waals surface area contributed by atoms with E-state index in [1.165, 1.54) is 12.1 Å². The third kappa shape index (κ3) is 2.88. The predicted octanol–water partition coefficient (Wildman–Crippen LogP) is 4.74. The highest BCUT2D eigenvalue weighted by Gasteiger charge is 2.13. The van der Waals surface area contributed by atoms with Gasteiger partial charge in [-0.3, -0.25) is 0 Å². The molecule has 90 valence electrons. The number of benzene rings is 1. The molecule has 1 aromatic heterocycles. The summed E-state index contributed by atoms with van der Waals surface area (Å²) < 4.78 is 19.0. The molecule has 2 aromatic rings. The van der Waals surface area contributed by atoms with Gasteiger partial charge in [-0.25, -0.2) is 4.39 Å². The molecule has 0 saturated carbocycles. The zero-order valence-corrected chi connectivity index (χ0v) is 11.0. The van der Waals surface area contributed by atoms with Crippen molar-refractivity contribution < 1.29 is 8.81 Å². The molecule has 0 bridgehead atoms. The van der Waals surface area contributed by atoms with Crippen molar-refractivity contribution in [3.8, 4) is 0 Å². The minimum absolute atomic E-state index is 0.0896. The van der Waals surface area contributed by atoms with E-state index in [2.05, 4.69) is 28.2 Å². The summed E-state index contributed by atoms with van der Waals surface area (Å²) in [5.74, 6) is 0.622. The van der Waals surface area contributed by atoms with Crippen molar-refractivity contribution in [1.29, 1.82) is 0 Å². The molecule has 1 aromatic carbocycles. The normalized spacial score (nSPS) is 12.4. The first-order valence-electron chi connectivity index (χ1n) is 5.45. The van der Waals surface area contributed by atoms with Crippen LogP contribution in [-0.2, 0) is 0 Å². The monoisotopic (exact) mass is 297 g/mol. The fourth-order valence-corrected chi connectivity index (χ4v) is 2.12. The van der Waals surface area contributed by atoms with E-state index < -0.39 is 0 Å². The number of hydrogen-bond acceptors (Lipinski definition) is 2. The smallest absolute Gasteiger partial charge is 0.125 e. The molecule has 0 saturated heterocycles. The van der Waals surface area contributed by atoms with Crippen molar-refractivity contribution in [3.63, 3.8) is 0 Å². The Kier molecular flexibility index (Phi) is 3.84. The van der Waals surface area contributed by atoms with E-state index in [0.717, 1.165) is 17.9 Å². The summed E-state index contributed by atoms with van der Waals surface area (Å²) in [7, 11) is 0. The number of rotatable bonds is 4. The fourth-order valence-electron chi connectivity index (χ4n) is 1.66. The van der Waals surface area contributed by atoms with Crippen molar-refractivity contribution in [2.45, 2.75) is 19.4 Å². The highest BCUT2D eigenvalue weighted by atomic mass is 79.9. The summed E-state index contributed by atoms with van der Waals surface area (Å²) in [6, 6.07) is 8.47. The van der Waals surface area contributed by atoms with Crippen LogP contribution in [0.1, 0.15) is 25.1 Å². The molecule has 1 heterocycles. The molecular weight excluding hydrogens is 285 g/mol. The molecule has 17 heavy (non-hydrogen) atoms. The maximum Gasteiger partial charge on any atom is 0.125 e. The summed E-state index contributed by atoms with van der Waals surface area (Å²) in [5, 5.41) is 3.32. The number of furan rings is 1. The summed E-state index contributed by atoms with van der Waals surface area (Å²) in [6.07, 6.45) is 2.54. The SMILES string of the molecule is CCC(Nc1ccc(F)cc1Br)c1ccco1.